The number of nitro groups is 1. The molecule has 0 aliphatic carbocycles. The summed E-state index contributed by atoms with van der Waals surface area (Å²) < 4.78 is 1.15. The van der Waals surface area contributed by atoms with Crippen molar-refractivity contribution in [3.63, 3.8) is 0 Å². The highest BCUT2D eigenvalue weighted by molar-refractivity contribution is 7.99. The van der Waals surface area contributed by atoms with Gasteiger partial charge in [0, 0.05) is 7.05 Å². The first-order valence-electron chi connectivity index (χ1n) is 5.00. The van der Waals surface area contributed by atoms with Crippen LogP contribution in [0, 0.1) is 10.1 Å². The summed E-state index contributed by atoms with van der Waals surface area (Å²) in [6.45, 7) is 0. The fourth-order valence-corrected chi connectivity index (χ4v) is 2.07. The molecule has 2 aromatic rings. The lowest BCUT2D eigenvalue weighted by Gasteiger charge is -2.05. The Hall–Kier alpha value is -2.76. The number of aromatic nitrogens is 5. The van der Waals surface area contributed by atoms with Crippen LogP contribution in [0.25, 0.3) is 0 Å². The van der Waals surface area contributed by atoms with Gasteiger partial charge in [0.25, 0.3) is 0 Å². The van der Waals surface area contributed by atoms with Gasteiger partial charge in [-0.1, -0.05) is 0 Å². The fraction of sp³-hybridized carbons (Fsp3) is 0.125. The summed E-state index contributed by atoms with van der Waals surface area (Å²) in [4.78, 5) is 43.2. The Labute approximate surface area is 114 Å². The molecule has 20 heavy (non-hydrogen) atoms. The minimum atomic E-state index is -1.00. The van der Waals surface area contributed by atoms with Crippen molar-refractivity contribution in [1.29, 1.82) is 0 Å². The van der Waals surface area contributed by atoms with Gasteiger partial charge in [0.05, 0.1) is 4.92 Å². The molecular weight excluding hydrogens is 290 g/mol. The van der Waals surface area contributed by atoms with Crippen molar-refractivity contribution in [3.05, 3.63) is 37.0 Å². The Morgan fingerprint density at radius 1 is 1.45 bits per heavy atom. The highest BCUT2D eigenvalue weighted by Gasteiger charge is 2.20. The predicted molar refractivity (Wildman–Crippen MR) is 67.3 cm³/mol. The van der Waals surface area contributed by atoms with Gasteiger partial charge in [-0.25, -0.2) is 4.98 Å². The molecule has 0 saturated carbocycles. The zero-order chi connectivity index (χ0) is 14.9. The van der Waals surface area contributed by atoms with Crippen LogP contribution in [0.15, 0.2) is 26.0 Å². The van der Waals surface area contributed by atoms with Crippen molar-refractivity contribution >= 4 is 23.4 Å². The highest BCUT2D eigenvalue weighted by Crippen LogP contribution is 2.30. The Balaban J connectivity index is 2.52. The molecular formula is C8H7N7O4S. The van der Waals surface area contributed by atoms with Gasteiger partial charge >= 0.3 is 16.8 Å². The minimum Gasteiger partial charge on any atom is -0.368 e. The van der Waals surface area contributed by atoms with Crippen LogP contribution in [-0.4, -0.2) is 29.7 Å². The molecule has 0 saturated heterocycles. The second kappa shape index (κ2) is 5.08. The Kier molecular flexibility index (Phi) is 3.47. The van der Waals surface area contributed by atoms with Gasteiger partial charge in [-0.2, -0.15) is 9.97 Å². The van der Waals surface area contributed by atoms with Crippen molar-refractivity contribution < 1.29 is 4.92 Å². The molecule has 0 radical (unpaired) electrons. The summed E-state index contributed by atoms with van der Waals surface area (Å²) in [5.74, 6) is -0.160. The van der Waals surface area contributed by atoms with Gasteiger partial charge < -0.3 is 5.73 Å². The second-order valence-electron chi connectivity index (χ2n) is 3.48. The third-order valence-electron chi connectivity index (χ3n) is 2.09. The van der Waals surface area contributed by atoms with Crippen molar-refractivity contribution in [2.45, 2.75) is 10.2 Å². The zero-order valence-electron chi connectivity index (χ0n) is 9.93. The molecule has 12 heteroatoms. The molecule has 2 heterocycles. The van der Waals surface area contributed by atoms with Crippen molar-refractivity contribution in [2.75, 3.05) is 5.73 Å². The monoisotopic (exact) mass is 297 g/mol. The number of nitrogens with zero attached hydrogens (tertiary/aromatic N) is 5. The van der Waals surface area contributed by atoms with Gasteiger partial charge in [-0.3, -0.25) is 29.5 Å². The van der Waals surface area contributed by atoms with Crippen LogP contribution in [0.3, 0.4) is 0 Å². The van der Waals surface area contributed by atoms with Crippen LogP contribution in [0.2, 0.25) is 0 Å². The van der Waals surface area contributed by atoms with Crippen LogP contribution in [0.4, 0.5) is 11.6 Å². The summed E-state index contributed by atoms with van der Waals surface area (Å²) in [6.07, 6.45) is 0.953. The number of nitrogen functional groups attached to an aromatic ring is 1. The van der Waals surface area contributed by atoms with E-state index in [1.807, 2.05) is 0 Å². The number of anilines is 1. The van der Waals surface area contributed by atoms with E-state index in [-0.39, 0.29) is 21.8 Å². The SMILES string of the molecule is Cn1[nH]c(=O)c(=O)nc1Sc1nc(N)ncc1[N+](=O)[O-]. The molecule has 104 valence electrons. The molecule has 11 nitrogen and oxygen atoms in total. The smallest absolute Gasteiger partial charge is 0.339 e. The van der Waals surface area contributed by atoms with Crippen molar-refractivity contribution in [3.8, 4) is 0 Å². The molecule has 3 N–H and O–H groups in total. The number of aromatic amines is 1. The van der Waals surface area contributed by atoms with E-state index < -0.39 is 16.0 Å². The Bertz CT molecular complexity index is 798. The third kappa shape index (κ3) is 2.64. The highest BCUT2D eigenvalue weighted by atomic mass is 32.2. The molecule has 0 aromatic carbocycles. The Morgan fingerprint density at radius 2 is 2.15 bits per heavy atom. The summed E-state index contributed by atoms with van der Waals surface area (Å²) in [5, 5.41) is 13.0. The molecule has 0 amide bonds. The molecule has 2 rings (SSSR count). The van der Waals surface area contributed by atoms with Gasteiger partial charge in [-0.15, -0.1) is 0 Å². The number of nitrogens with one attached hydrogen (secondary N) is 1. The summed E-state index contributed by atoms with van der Waals surface area (Å²) in [7, 11) is 1.42. The van der Waals surface area contributed by atoms with Crippen LogP contribution < -0.4 is 16.9 Å². The average molecular weight is 297 g/mol. The topological polar surface area (TPSA) is 163 Å². The van der Waals surface area contributed by atoms with Crippen LogP contribution in [0.5, 0.6) is 0 Å². The van der Waals surface area contributed by atoms with E-state index in [1.54, 1.807) is 0 Å². The maximum absolute atomic E-state index is 11.2. The van der Waals surface area contributed by atoms with Gasteiger partial charge in [0.2, 0.25) is 5.95 Å². The summed E-state index contributed by atoms with van der Waals surface area (Å²) in [6, 6.07) is 0. The number of nitrogens with two attached hydrogens (primary N) is 1. The molecule has 0 aliphatic heterocycles. The van der Waals surface area contributed by atoms with Crippen molar-refractivity contribution in [1.82, 2.24) is 24.7 Å². The quantitative estimate of drug-likeness (QED) is 0.309. The Morgan fingerprint density at radius 3 is 2.80 bits per heavy atom. The molecule has 0 spiro atoms. The lowest BCUT2D eigenvalue weighted by molar-refractivity contribution is -0.388. The van der Waals surface area contributed by atoms with E-state index in [9.17, 15) is 19.7 Å². The minimum absolute atomic E-state index is 0.0239. The number of rotatable bonds is 3. The van der Waals surface area contributed by atoms with Gasteiger partial charge in [-0.05, 0) is 11.8 Å². The zero-order valence-corrected chi connectivity index (χ0v) is 10.7. The number of aryl methyl sites for hydroxylation is 1. The molecule has 0 unspecified atom stereocenters. The normalized spacial score (nSPS) is 10.4. The maximum atomic E-state index is 11.2. The summed E-state index contributed by atoms with van der Waals surface area (Å²) in [5.41, 5.74) is 3.08. The number of hydrogen-bond acceptors (Lipinski definition) is 9. The van der Waals surface area contributed by atoms with Crippen LogP contribution in [-0.2, 0) is 7.05 Å². The maximum Gasteiger partial charge on any atom is 0.339 e. The second-order valence-corrected chi connectivity index (χ2v) is 4.43. The van der Waals surface area contributed by atoms with Crippen LogP contribution >= 0.6 is 11.8 Å². The van der Waals surface area contributed by atoms with Crippen molar-refractivity contribution in [2.24, 2.45) is 7.05 Å². The average Bonchev–Trinajstić information content (AvgIpc) is 2.35. The molecule has 0 atom stereocenters. The first-order chi connectivity index (χ1) is 9.38. The van der Waals surface area contributed by atoms with E-state index in [1.165, 1.54) is 7.05 Å². The predicted octanol–water partition coefficient (Wildman–Crippen LogP) is -1.10. The van der Waals surface area contributed by atoms with E-state index in [0.717, 1.165) is 10.9 Å². The number of H-pyrrole nitrogens is 1. The van der Waals surface area contributed by atoms with E-state index in [4.69, 9.17) is 5.73 Å². The molecule has 0 fully saturated rings. The molecule has 0 aliphatic rings. The van der Waals surface area contributed by atoms with Gasteiger partial charge in [0.1, 0.15) is 6.20 Å². The third-order valence-corrected chi connectivity index (χ3v) is 3.13. The van der Waals surface area contributed by atoms with E-state index in [2.05, 4.69) is 20.1 Å². The summed E-state index contributed by atoms with van der Waals surface area (Å²) >= 11 is 0.715. The first-order valence-corrected chi connectivity index (χ1v) is 5.82. The van der Waals surface area contributed by atoms with E-state index >= 15 is 0 Å². The first kappa shape index (κ1) is 13.7. The largest absolute Gasteiger partial charge is 0.368 e. The van der Waals surface area contributed by atoms with Crippen LogP contribution in [0.1, 0.15) is 0 Å². The fourth-order valence-electron chi connectivity index (χ4n) is 1.21. The van der Waals surface area contributed by atoms with E-state index in [0.29, 0.717) is 11.8 Å². The number of hydrogen-bond donors (Lipinski definition) is 2. The molecule has 0 bridgehead atoms. The lowest BCUT2D eigenvalue weighted by atomic mass is 10.5. The standard InChI is InChI=1S/C8H7N7O4S/c1-14-8(11-4(16)5(17)13-14)20-6-3(15(18)19)2-10-7(9)12-6/h2H,1H3,(H,13,17)(H2,9,10,12). The van der Waals surface area contributed by atoms with Gasteiger partial charge in [0.15, 0.2) is 10.2 Å². The lowest BCUT2D eigenvalue weighted by Crippen LogP contribution is -2.33. The molecule has 2 aromatic heterocycles.